The third-order valence-corrected chi connectivity index (χ3v) is 3.52. The molecule has 90 valence electrons. The van der Waals surface area contributed by atoms with Crippen LogP contribution in [0.2, 0.25) is 0 Å². The maximum Gasteiger partial charge on any atom is 0.120 e. The zero-order chi connectivity index (χ0) is 12.3. The molecule has 2 nitrogen and oxygen atoms in total. The normalized spacial score (nSPS) is 12.6. The minimum Gasteiger partial charge on any atom is -0.468 e. The van der Waals surface area contributed by atoms with Gasteiger partial charge in [0.1, 0.15) is 5.76 Å². The van der Waals surface area contributed by atoms with E-state index in [9.17, 15) is 0 Å². The highest BCUT2D eigenvalue weighted by atomic mass is 79.9. The van der Waals surface area contributed by atoms with Crippen molar-refractivity contribution in [2.75, 3.05) is 0 Å². The van der Waals surface area contributed by atoms with Crippen molar-refractivity contribution in [3.05, 3.63) is 58.0 Å². The van der Waals surface area contributed by atoms with Gasteiger partial charge in [0.25, 0.3) is 0 Å². The Morgan fingerprint density at radius 1 is 1.35 bits per heavy atom. The lowest BCUT2D eigenvalue weighted by Crippen LogP contribution is -2.17. The van der Waals surface area contributed by atoms with Gasteiger partial charge in [0, 0.05) is 11.0 Å². The third-order valence-electron chi connectivity index (χ3n) is 2.78. The molecule has 0 aliphatic carbocycles. The summed E-state index contributed by atoms with van der Waals surface area (Å²) in [5.41, 5.74) is 2.52. The summed E-state index contributed by atoms with van der Waals surface area (Å²) in [5.74, 6) is 0.966. The Morgan fingerprint density at radius 3 is 2.82 bits per heavy atom. The van der Waals surface area contributed by atoms with Crippen LogP contribution in [-0.2, 0) is 6.54 Å². The van der Waals surface area contributed by atoms with Crippen molar-refractivity contribution in [1.82, 2.24) is 5.32 Å². The molecule has 1 aromatic carbocycles. The van der Waals surface area contributed by atoms with Crippen molar-refractivity contribution in [1.29, 1.82) is 0 Å². The first-order valence-electron chi connectivity index (χ1n) is 5.68. The van der Waals surface area contributed by atoms with Crippen LogP contribution in [0.5, 0.6) is 0 Å². The van der Waals surface area contributed by atoms with Gasteiger partial charge in [-0.1, -0.05) is 28.1 Å². The number of hydrogen-bond acceptors (Lipinski definition) is 2. The van der Waals surface area contributed by atoms with E-state index in [0.29, 0.717) is 0 Å². The first kappa shape index (κ1) is 12.4. The lowest BCUT2D eigenvalue weighted by molar-refractivity contribution is 0.430. The highest BCUT2D eigenvalue weighted by Crippen LogP contribution is 2.20. The van der Waals surface area contributed by atoms with Gasteiger partial charge in [-0.3, -0.25) is 0 Å². The van der Waals surface area contributed by atoms with Crippen molar-refractivity contribution >= 4 is 15.9 Å². The molecule has 0 aliphatic heterocycles. The fraction of sp³-hybridized carbons (Fsp3) is 0.286. The summed E-state index contributed by atoms with van der Waals surface area (Å²) in [6, 6.07) is 10.5. The SMILES string of the molecule is Cc1ccc(CN[C@H](C)c2ccco2)c(Br)c1. The lowest BCUT2D eigenvalue weighted by Gasteiger charge is -2.12. The number of rotatable bonds is 4. The Labute approximate surface area is 110 Å². The van der Waals surface area contributed by atoms with E-state index in [1.807, 2.05) is 12.1 Å². The second kappa shape index (κ2) is 5.52. The smallest absolute Gasteiger partial charge is 0.120 e. The van der Waals surface area contributed by atoms with Gasteiger partial charge in [0.15, 0.2) is 0 Å². The Kier molecular flexibility index (Phi) is 4.02. The summed E-state index contributed by atoms with van der Waals surface area (Å²) in [7, 11) is 0. The van der Waals surface area contributed by atoms with Gasteiger partial charge < -0.3 is 9.73 Å². The third kappa shape index (κ3) is 3.20. The minimum absolute atomic E-state index is 0.221. The van der Waals surface area contributed by atoms with Gasteiger partial charge in [-0.2, -0.15) is 0 Å². The van der Waals surface area contributed by atoms with Gasteiger partial charge in [-0.25, -0.2) is 0 Å². The highest BCUT2D eigenvalue weighted by Gasteiger charge is 2.08. The van der Waals surface area contributed by atoms with E-state index in [4.69, 9.17) is 4.42 Å². The number of nitrogens with one attached hydrogen (secondary N) is 1. The van der Waals surface area contributed by atoms with Crippen molar-refractivity contribution in [2.24, 2.45) is 0 Å². The summed E-state index contributed by atoms with van der Waals surface area (Å²) < 4.78 is 6.51. The van der Waals surface area contributed by atoms with Gasteiger partial charge in [-0.05, 0) is 43.2 Å². The van der Waals surface area contributed by atoms with Crippen molar-refractivity contribution in [2.45, 2.75) is 26.4 Å². The molecule has 0 spiro atoms. The molecule has 3 heteroatoms. The fourth-order valence-corrected chi connectivity index (χ4v) is 2.33. The average Bonchev–Trinajstić information content (AvgIpc) is 2.81. The molecule has 2 aromatic rings. The first-order valence-corrected chi connectivity index (χ1v) is 6.48. The summed E-state index contributed by atoms with van der Waals surface area (Å²) in [6.07, 6.45) is 1.70. The summed E-state index contributed by atoms with van der Waals surface area (Å²) in [6.45, 7) is 5.01. The number of benzene rings is 1. The predicted molar refractivity (Wildman–Crippen MR) is 72.8 cm³/mol. The first-order chi connectivity index (χ1) is 8.16. The molecule has 0 fully saturated rings. The molecule has 0 amide bonds. The maximum absolute atomic E-state index is 5.36. The molecule has 0 radical (unpaired) electrons. The zero-order valence-electron chi connectivity index (χ0n) is 10.0. The van der Waals surface area contributed by atoms with Gasteiger partial charge >= 0.3 is 0 Å². The van der Waals surface area contributed by atoms with E-state index in [2.05, 4.69) is 53.3 Å². The van der Waals surface area contributed by atoms with E-state index >= 15 is 0 Å². The van der Waals surface area contributed by atoms with Crippen molar-refractivity contribution < 1.29 is 4.42 Å². The lowest BCUT2D eigenvalue weighted by atomic mass is 10.1. The van der Waals surface area contributed by atoms with Crippen LogP contribution in [0.25, 0.3) is 0 Å². The molecular weight excluding hydrogens is 278 g/mol. The van der Waals surface area contributed by atoms with E-state index in [1.54, 1.807) is 6.26 Å². The van der Waals surface area contributed by atoms with Crippen LogP contribution in [0.3, 0.4) is 0 Å². The van der Waals surface area contributed by atoms with Gasteiger partial charge in [-0.15, -0.1) is 0 Å². The van der Waals surface area contributed by atoms with E-state index in [1.165, 1.54) is 11.1 Å². The molecule has 0 saturated carbocycles. The largest absolute Gasteiger partial charge is 0.468 e. The van der Waals surface area contributed by atoms with Crippen LogP contribution >= 0.6 is 15.9 Å². The van der Waals surface area contributed by atoms with Crippen molar-refractivity contribution in [3.63, 3.8) is 0 Å². The number of aryl methyl sites for hydroxylation is 1. The molecule has 0 unspecified atom stereocenters. The molecule has 17 heavy (non-hydrogen) atoms. The van der Waals surface area contributed by atoms with E-state index < -0.39 is 0 Å². The van der Waals surface area contributed by atoms with E-state index in [-0.39, 0.29) is 6.04 Å². The summed E-state index contributed by atoms with van der Waals surface area (Å²) in [4.78, 5) is 0. The molecule has 1 heterocycles. The second-order valence-corrected chi connectivity index (χ2v) is 5.07. The monoisotopic (exact) mass is 293 g/mol. The summed E-state index contributed by atoms with van der Waals surface area (Å²) >= 11 is 3.58. The molecule has 0 saturated heterocycles. The zero-order valence-corrected chi connectivity index (χ0v) is 11.6. The Morgan fingerprint density at radius 2 is 2.18 bits per heavy atom. The predicted octanol–water partition coefficient (Wildman–Crippen LogP) is 4.20. The van der Waals surface area contributed by atoms with Crippen molar-refractivity contribution in [3.8, 4) is 0 Å². The standard InChI is InChI=1S/C14H16BrNO/c1-10-5-6-12(13(15)8-10)9-16-11(2)14-4-3-7-17-14/h3-8,11,16H,9H2,1-2H3/t11-/m1/s1. The van der Waals surface area contributed by atoms with Gasteiger partial charge in [0.2, 0.25) is 0 Å². The molecule has 1 atom stereocenters. The Balaban J connectivity index is 1.98. The summed E-state index contributed by atoms with van der Waals surface area (Å²) in [5, 5.41) is 3.44. The average molecular weight is 294 g/mol. The second-order valence-electron chi connectivity index (χ2n) is 4.21. The van der Waals surface area contributed by atoms with Gasteiger partial charge in [0.05, 0.1) is 12.3 Å². The number of furan rings is 1. The molecule has 1 aromatic heterocycles. The number of hydrogen-bond donors (Lipinski definition) is 1. The molecule has 0 bridgehead atoms. The topological polar surface area (TPSA) is 25.2 Å². The highest BCUT2D eigenvalue weighted by molar-refractivity contribution is 9.10. The number of halogens is 1. The molecule has 2 rings (SSSR count). The fourth-order valence-electron chi connectivity index (χ4n) is 1.70. The van der Waals surface area contributed by atoms with Crippen LogP contribution < -0.4 is 5.32 Å². The van der Waals surface area contributed by atoms with Crippen LogP contribution in [-0.4, -0.2) is 0 Å². The minimum atomic E-state index is 0.221. The molecular formula is C14H16BrNO. The Bertz CT molecular complexity index is 479. The quantitative estimate of drug-likeness (QED) is 0.914. The van der Waals surface area contributed by atoms with Crippen LogP contribution in [0, 0.1) is 6.92 Å². The maximum atomic E-state index is 5.36. The Hall–Kier alpha value is -1.06. The van der Waals surface area contributed by atoms with Crippen LogP contribution in [0.1, 0.15) is 29.9 Å². The molecule has 1 N–H and O–H groups in total. The van der Waals surface area contributed by atoms with E-state index in [0.717, 1.165) is 16.8 Å². The van der Waals surface area contributed by atoms with Crippen LogP contribution in [0.4, 0.5) is 0 Å². The van der Waals surface area contributed by atoms with Crippen LogP contribution in [0.15, 0.2) is 45.5 Å². The molecule has 0 aliphatic rings.